The molecule has 3 fully saturated rings. The van der Waals surface area contributed by atoms with Crippen molar-refractivity contribution in [1.29, 1.82) is 0 Å². The summed E-state index contributed by atoms with van der Waals surface area (Å²) in [5.74, 6) is 3.60. The van der Waals surface area contributed by atoms with E-state index in [0.29, 0.717) is 45.3 Å². The van der Waals surface area contributed by atoms with Gasteiger partial charge in [0, 0.05) is 31.4 Å². The average Bonchev–Trinajstić information content (AvgIpc) is 3.27. The van der Waals surface area contributed by atoms with Crippen LogP contribution in [0.4, 0.5) is 11.8 Å². The van der Waals surface area contributed by atoms with Crippen LogP contribution in [0.25, 0.3) is 0 Å². The molecule has 2 unspecified atom stereocenters. The summed E-state index contributed by atoms with van der Waals surface area (Å²) in [6, 6.07) is 0. The molecule has 0 radical (unpaired) electrons. The minimum absolute atomic E-state index is 0.0191. The normalized spacial score (nSPS) is 29.9. The molecule has 170 valence electrons. The van der Waals surface area contributed by atoms with Gasteiger partial charge in [-0.05, 0) is 43.9 Å². The largest absolute Gasteiger partial charge is 0.463 e. The number of aliphatic hydroxyl groups excluding tert-OH is 1. The SMILES string of the molecule is O=[S@]1COc2nc(N3CC4CCC(C3)C4c3ncc(Cl)cn3)nc(NC3(CO)CCC3)c21. The van der Waals surface area contributed by atoms with Gasteiger partial charge in [0.1, 0.15) is 21.5 Å². The monoisotopic (exact) mass is 476 g/mol. The van der Waals surface area contributed by atoms with E-state index in [4.69, 9.17) is 21.3 Å². The molecule has 3 atom stereocenters. The van der Waals surface area contributed by atoms with Crippen LogP contribution >= 0.6 is 11.6 Å². The van der Waals surface area contributed by atoms with E-state index < -0.39 is 16.3 Å². The quantitative estimate of drug-likeness (QED) is 0.671. The number of ether oxygens (including phenoxy) is 1. The minimum atomic E-state index is -1.31. The molecule has 2 bridgehead atoms. The Labute approximate surface area is 193 Å². The van der Waals surface area contributed by atoms with Gasteiger partial charge in [0.15, 0.2) is 11.8 Å². The van der Waals surface area contributed by atoms with E-state index in [-0.39, 0.29) is 12.5 Å². The fourth-order valence-electron chi connectivity index (χ4n) is 5.60. The molecule has 6 rings (SSSR count). The van der Waals surface area contributed by atoms with Crippen LogP contribution in [0, 0.1) is 11.8 Å². The topological polar surface area (TPSA) is 113 Å². The summed E-state index contributed by atoms with van der Waals surface area (Å²) < 4.78 is 18.2. The van der Waals surface area contributed by atoms with Gasteiger partial charge < -0.3 is 20.1 Å². The number of aliphatic hydroxyl groups is 1. The number of halogens is 1. The van der Waals surface area contributed by atoms with Crippen LogP contribution < -0.4 is 15.0 Å². The summed E-state index contributed by atoms with van der Waals surface area (Å²) in [4.78, 5) is 21.2. The predicted molar refractivity (Wildman–Crippen MR) is 119 cm³/mol. The Kier molecular flexibility index (Phi) is 5.00. The minimum Gasteiger partial charge on any atom is -0.463 e. The van der Waals surface area contributed by atoms with Gasteiger partial charge in [-0.15, -0.1) is 0 Å². The highest BCUT2D eigenvalue weighted by Gasteiger charge is 2.46. The van der Waals surface area contributed by atoms with E-state index >= 15 is 0 Å². The Morgan fingerprint density at radius 2 is 1.94 bits per heavy atom. The number of nitrogens with zero attached hydrogens (tertiary/aromatic N) is 5. The highest BCUT2D eigenvalue weighted by atomic mass is 35.5. The third-order valence-electron chi connectivity index (χ3n) is 7.40. The van der Waals surface area contributed by atoms with Crippen LogP contribution in [0.2, 0.25) is 5.02 Å². The zero-order chi connectivity index (χ0) is 21.9. The van der Waals surface area contributed by atoms with Crippen molar-refractivity contribution in [3.8, 4) is 5.88 Å². The first kappa shape index (κ1) is 20.6. The highest BCUT2D eigenvalue weighted by molar-refractivity contribution is 7.85. The number of hydrogen-bond donors (Lipinski definition) is 2. The standard InChI is InChI=1S/C21H25ClN6O3S/c22-14-6-23-17(24-7-14)15-12-2-3-13(15)9-28(8-12)20-25-18(27-21(10-29)4-1-5-21)16-19(26-20)31-11-32(16)30/h6-7,12-13,15,29H,1-5,8-11H2,(H,25,26,27)/t12?,13?,15?,32-/m0/s1. The summed E-state index contributed by atoms with van der Waals surface area (Å²) in [6.07, 6.45) is 8.35. The van der Waals surface area contributed by atoms with E-state index in [1.165, 1.54) is 0 Å². The molecular formula is C21H25ClN6O3S. The van der Waals surface area contributed by atoms with Gasteiger partial charge in [0.05, 0.1) is 17.2 Å². The van der Waals surface area contributed by atoms with Crippen molar-refractivity contribution in [2.45, 2.75) is 48.5 Å². The molecule has 2 N–H and O–H groups in total. The summed E-state index contributed by atoms with van der Waals surface area (Å²) in [7, 11) is -1.31. The number of piperidine rings is 1. The van der Waals surface area contributed by atoms with Gasteiger partial charge in [0.2, 0.25) is 11.8 Å². The highest BCUT2D eigenvalue weighted by Crippen LogP contribution is 2.48. The number of aromatic nitrogens is 4. The predicted octanol–water partition coefficient (Wildman–Crippen LogP) is 2.33. The molecule has 4 aliphatic rings. The molecule has 32 heavy (non-hydrogen) atoms. The number of anilines is 2. The number of rotatable bonds is 5. The second-order valence-corrected chi connectivity index (χ2v) is 11.1. The van der Waals surface area contributed by atoms with Gasteiger partial charge in [-0.25, -0.2) is 9.97 Å². The van der Waals surface area contributed by atoms with Gasteiger partial charge >= 0.3 is 0 Å². The fraction of sp³-hybridized carbons (Fsp3) is 0.619. The molecule has 9 nitrogen and oxygen atoms in total. The lowest BCUT2D eigenvalue weighted by Gasteiger charge is -2.42. The van der Waals surface area contributed by atoms with E-state index in [1.807, 2.05) is 0 Å². The molecule has 2 aromatic heterocycles. The van der Waals surface area contributed by atoms with Gasteiger partial charge in [0.25, 0.3) is 0 Å². The van der Waals surface area contributed by atoms with Gasteiger partial charge in [-0.1, -0.05) is 11.6 Å². The molecule has 11 heteroatoms. The maximum atomic E-state index is 12.6. The van der Waals surface area contributed by atoms with E-state index in [0.717, 1.165) is 51.0 Å². The zero-order valence-electron chi connectivity index (χ0n) is 17.5. The lowest BCUT2D eigenvalue weighted by Crippen LogP contribution is -2.49. The van der Waals surface area contributed by atoms with Gasteiger partial charge in [-0.2, -0.15) is 9.97 Å². The van der Waals surface area contributed by atoms with Crippen LogP contribution in [-0.4, -0.2) is 60.4 Å². The lowest BCUT2D eigenvalue weighted by atomic mass is 9.77. The van der Waals surface area contributed by atoms with Crippen molar-refractivity contribution in [1.82, 2.24) is 19.9 Å². The number of nitrogens with one attached hydrogen (secondary N) is 1. The molecule has 0 aromatic carbocycles. The molecular weight excluding hydrogens is 452 g/mol. The van der Waals surface area contributed by atoms with Crippen LogP contribution in [0.15, 0.2) is 17.3 Å². The van der Waals surface area contributed by atoms with Crippen molar-refractivity contribution in [2.24, 2.45) is 11.8 Å². The first-order valence-electron chi connectivity index (χ1n) is 11.1. The van der Waals surface area contributed by atoms with Crippen molar-refractivity contribution in [2.75, 3.05) is 35.9 Å². The molecule has 0 amide bonds. The van der Waals surface area contributed by atoms with Crippen LogP contribution in [0.5, 0.6) is 5.88 Å². The Morgan fingerprint density at radius 1 is 1.22 bits per heavy atom. The molecule has 0 spiro atoms. The Bertz CT molecular complexity index is 1050. The lowest BCUT2D eigenvalue weighted by molar-refractivity contribution is 0.143. The van der Waals surface area contributed by atoms with E-state index in [1.54, 1.807) is 12.4 Å². The number of hydrogen-bond acceptors (Lipinski definition) is 9. The third-order valence-corrected chi connectivity index (χ3v) is 8.76. The first-order valence-corrected chi connectivity index (χ1v) is 12.8. The smallest absolute Gasteiger partial charge is 0.238 e. The number of fused-ring (bicyclic) bond motifs is 3. The maximum Gasteiger partial charge on any atom is 0.238 e. The molecule has 4 heterocycles. The second-order valence-electron chi connectivity index (χ2n) is 9.32. The fourth-order valence-corrected chi connectivity index (χ4v) is 6.64. The van der Waals surface area contributed by atoms with Crippen molar-refractivity contribution in [3.05, 3.63) is 23.2 Å². The molecule has 2 aromatic rings. The zero-order valence-corrected chi connectivity index (χ0v) is 19.1. The van der Waals surface area contributed by atoms with Gasteiger partial charge in [-0.3, -0.25) is 4.21 Å². The summed E-state index contributed by atoms with van der Waals surface area (Å²) in [5.41, 5.74) is -0.399. The Balaban J connectivity index is 1.30. The van der Waals surface area contributed by atoms with E-state index in [2.05, 4.69) is 25.2 Å². The maximum absolute atomic E-state index is 12.6. The van der Waals surface area contributed by atoms with Crippen molar-refractivity contribution >= 4 is 34.2 Å². The Hall–Kier alpha value is -2.04. The molecule has 2 aliphatic carbocycles. The van der Waals surface area contributed by atoms with Crippen LogP contribution in [0.1, 0.15) is 43.8 Å². The second kappa shape index (κ2) is 7.78. The third kappa shape index (κ3) is 3.34. The molecule has 2 saturated carbocycles. The Morgan fingerprint density at radius 3 is 2.56 bits per heavy atom. The average molecular weight is 477 g/mol. The first-order chi connectivity index (χ1) is 15.5. The van der Waals surface area contributed by atoms with Crippen LogP contribution in [0.3, 0.4) is 0 Å². The van der Waals surface area contributed by atoms with Crippen molar-refractivity contribution < 1.29 is 14.1 Å². The van der Waals surface area contributed by atoms with Crippen molar-refractivity contribution in [3.63, 3.8) is 0 Å². The van der Waals surface area contributed by atoms with E-state index in [9.17, 15) is 9.32 Å². The molecule has 1 saturated heterocycles. The molecule has 2 aliphatic heterocycles. The summed E-state index contributed by atoms with van der Waals surface area (Å²) >= 11 is 5.98. The van der Waals surface area contributed by atoms with Crippen LogP contribution in [-0.2, 0) is 10.8 Å². The summed E-state index contributed by atoms with van der Waals surface area (Å²) in [6.45, 7) is 1.63. The summed E-state index contributed by atoms with van der Waals surface area (Å²) in [5, 5.41) is 13.9.